The Balaban J connectivity index is 2.57. The second-order valence-corrected chi connectivity index (χ2v) is 4.55. The summed E-state index contributed by atoms with van der Waals surface area (Å²) in [6.45, 7) is 0. The summed E-state index contributed by atoms with van der Waals surface area (Å²) in [6.07, 6.45) is 2.65. The van der Waals surface area contributed by atoms with Gasteiger partial charge in [-0.15, -0.1) is 0 Å². The van der Waals surface area contributed by atoms with Crippen LogP contribution < -0.4 is 5.32 Å². The zero-order chi connectivity index (χ0) is 13.8. The highest BCUT2D eigenvalue weighted by Crippen LogP contribution is 2.31. The third kappa shape index (κ3) is 2.59. The molecular formula is C15H14N4. The van der Waals surface area contributed by atoms with E-state index in [0.717, 1.165) is 16.8 Å². The minimum Gasteiger partial charge on any atom is -0.383 e. The van der Waals surface area contributed by atoms with Crippen molar-refractivity contribution in [3.05, 3.63) is 52.9 Å². The molecule has 2 rings (SSSR count). The van der Waals surface area contributed by atoms with Gasteiger partial charge >= 0.3 is 0 Å². The van der Waals surface area contributed by atoms with Crippen LogP contribution in [0.1, 0.15) is 5.56 Å². The molecular weight excluding hydrogens is 236 g/mol. The van der Waals surface area contributed by atoms with Crippen LogP contribution in [0, 0.1) is 22.7 Å². The number of nitriles is 2. The summed E-state index contributed by atoms with van der Waals surface area (Å²) in [4.78, 5) is 1.91. The quantitative estimate of drug-likeness (QED) is 0.777. The minimum absolute atomic E-state index is 0.114. The second-order valence-electron chi connectivity index (χ2n) is 4.55. The van der Waals surface area contributed by atoms with Crippen molar-refractivity contribution in [1.82, 2.24) is 4.90 Å². The number of rotatable bonds is 1. The van der Waals surface area contributed by atoms with Crippen molar-refractivity contribution in [2.45, 2.75) is 6.42 Å². The van der Waals surface area contributed by atoms with Gasteiger partial charge in [0.05, 0.1) is 5.70 Å². The van der Waals surface area contributed by atoms with Crippen LogP contribution >= 0.6 is 0 Å². The van der Waals surface area contributed by atoms with E-state index in [4.69, 9.17) is 10.5 Å². The van der Waals surface area contributed by atoms with Crippen molar-refractivity contribution in [2.75, 3.05) is 19.4 Å². The Hall–Kier alpha value is -2.72. The number of nitrogens with one attached hydrogen (secondary N) is 1. The van der Waals surface area contributed by atoms with Gasteiger partial charge in [-0.3, -0.25) is 0 Å². The molecule has 0 saturated heterocycles. The molecule has 1 aliphatic rings. The predicted molar refractivity (Wildman–Crippen MR) is 73.8 cm³/mol. The normalized spacial score (nSPS) is 14.9. The first-order valence-corrected chi connectivity index (χ1v) is 5.92. The maximum atomic E-state index is 9.07. The van der Waals surface area contributed by atoms with Crippen molar-refractivity contribution in [1.29, 1.82) is 10.5 Å². The molecule has 0 spiro atoms. The van der Waals surface area contributed by atoms with Crippen LogP contribution in [-0.2, 0) is 6.42 Å². The van der Waals surface area contributed by atoms with Gasteiger partial charge in [0.1, 0.15) is 12.1 Å². The van der Waals surface area contributed by atoms with E-state index in [1.807, 2.05) is 61.6 Å². The molecule has 4 heteroatoms. The summed E-state index contributed by atoms with van der Waals surface area (Å²) >= 11 is 0. The molecule has 0 amide bonds. The zero-order valence-electron chi connectivity index (χ0n) is 10.9. The lowest BCUT2D eigenvalue weighted by atomic mass is 9.94. The lowest BCUT2D eigenvalue weighted by molar-refractivity contribution is 0.557. The van der Waals surface area contributed by atoms with E-state index in [2.05, 4.69) is 5.32 Å². The van der Waals surface area contributed by atoms with Crippen molar-refractivity contribution >= 4 is 5.69 Å². The van der Waals surface area contributed by atoms with Gasteiger partial charge in [0.15, 0.2) is 5.57 Å². The first kappa shape index (κ1) is 12.7. The number of para-hydroxylation sites is 1. The van der Waals surface area contributed by atoms with E-state index in [9.17, 15) is 0 Å². The number of anilines is 1. The van der Waals surface area contributed by atoms with Gasteiger partial charge < -0.3 is 10.2 Å². The number of fused-ring (bicyclic) bond motifs is 1. The molecule has 0 bridgehead atoms. The van der Waals surface area contributed by atoms with Crippen LogP contribution in [-0.4, -0.2) is 19.0 Å². The van der Waals surface area contributed by atoms with Gasteiger partial charge in [-0.25, -0.2) is 0 Å². The summed E-state index contributed by atoms with van der Waals surface area (Å²) in [5.41, 5.74) is 3.78. The highest BCUT2D eigenvalue weighted by molar-refractivity contribution is 5.68. The van der Waals surface area contributed by atoms with Gasteiger partial charge in [-0.05, 0) is 17.2 Å². The Morgan fingerprint density at radius 3 is 2.58 bits per heavy atom. The maximum Gasteiger partial charge on any atom is 0.153 e. The average molecular weight is 250 g/mol. The highest BCUT2D eigenvalue weighted by atomic mass is 15.0. The third-order valence-corrected chi connectivity index (χ3v) is 2.87. The summed E-state index contributed by atoms with van der Waals surface area (Å²) < 4.78 is 0. The summed E-state index contributed by atoms with van der Waals surface area (Å²) in [5, 5.41) is 21.3. The molecule has 0 aliphatic carbocycles. The van der Waals surface area contributed by atoms with Gasteiger partial charge in [0.25, 0.3) is 0 Å². The van der Waals surface area contributed by atoms with Gasteiger partial charge in [-0.1, -0.05) is 18.2 Å². The molecule has 0 aromatic heterocycles. The average Bonchev–Trinajstić information content (AvgIpc) is 2.40. The Bertz CT molecular complexity index is 623. The monoisotopic (exact) mass is 250 g/mol. The van der Waals surface area contributed by atoms with Crippen molar-refractivity contribution in [3.8, 4) is 12.1 Å². The van der Waals surface area contributed by atoms with Crippen LogP contribution in [0.4, 0.5) is 5.69 Å². The summed E-state index contributed by atoms with van der Waals surface area (Å²) in [7, 11) is 3.84. The van der Waals surface area contributed by atoms with Crippen LogP contribution in [0.2, 0.25) is 0 Å². The van der Waals surface area contributed by atoms with Crippen LogP contribution in [0.15, 0.2) is 47.3 Å². The molecule has 4 nitrogen and oxygen atoms in total. The Labute approximate surface area is 112 Å². The number of hydrogen-bond acceptors (Lipinski definition) is 4. The van der Waals surface area contributed by atoms with E-state index in [0.29, 0.717) is 12.1 Å². The van der Waals surface area contributed by atoms with Crippen molar-refractivity contribution < 1.29 is 0 Å². The molecule has 0 unspecified atom stereocenters. The molecule has 1 N–H and O–H groups in total. The topological polar surface area (TPSA) is 62.9 Å². The first-order valence-electron chi connectivity index (χ1n) is 5.92. The van der Waals surface area contributed by atoms with Crippen LogP contribution in [0.5, 0.6) is 0 Å². The van der Waals surface area contributed by atoms with Crippen molar-refractivity contribution in [2.24, 2.45) is 0 Å². The molecule has 0 radical (unpaired) electrons. The Morgan fingerprint density at radius 2 is 1.95 bits per heavy atom. The molecule has 0 fully saturated rings. The molecule has 0 atom stereocenters. The van der Waals surface area contributed by atoms with Crippen LogP contribution in [0.25, 0.3) is 0 Å². The fourth-order valence-corrected chi connectivity index (χ4v) is 2.09. The second kappa shape index (κ2) is 5.29. The van der Waals surface area contributed by atoms with Gasteiger partial charge in [0.2, 0.25) is 0 Å². The molecule has 1 aromatic rings. The first-order chi connectivity index (χ1) is 9.15. The van der Waals surface area contributed by atoms with Crippen LogP contribution in [0.3, 0.4) is 0 Å². The van der Waals surface area contributed by atoms with E-state index >= 15 is 0 Å². The fourth-order valence-electron chi connectivity index (χ4n) is 2.09. The summed E-state index contributed by atoms with van der Waals surface area (Å²) in [5.74, 6) is 0. The van der Waals surface area contributed by atoms with E-state index in [1.54, 1.807) is 0 Å². The Morgan fingerprint density at radius 1 is 1.26 bits per heavy atom. The van der Waals surface area contributed by atoms with Gasteiger partial charge in [0, 0.05) is 32.4 Å². The summed E-state index contributed by atoms with van der Waals surface area (Å²) in [6, 6.07) is 11.8. The number of hydrogen-bond donors (Lipinski definition) is 1. The molecule has 1 aliphatic heterocycles. The van der Waals surface area contributed by atoms with Crippen molar-refractivity contribution in [3.63, 3.8) is 0 Å². The molecule has 0 saturated carbocycles. The lowest BCUT2D eigenvalue weighted by Gasteiger charge is -2.24. The maximum absolute atomic E-state index is 9.07. The zero-order valence-corrected chi connectivity index (χ0v) is 10.9. The Kier molecular flexibility index (Phi) is 3.54. The van der Waals surface area contributed by atoms with Gasteiger partial charge in [-0.2, -0.15) is 10.5 Å². The largest absolute Gasteiger partial charge is 0.383 e. The number of allylic oxidation sites excluding steroid dienone is 2. The SMILES string of the molecule is CN(C)C=C1Cc2ccccc2NC1=C(C#N)C#N. The predicted octanol–water partition coefficient (Wildman–Crippen LogP) is 2.40. The standard InChI is InChI=1S/C15H14N4/c1-19(2)10-12-7-11-5-3-4-6-14(11)18-15(12)13(8-16)9-17/h3-6,10,18H,7H2,1-2H3. The molecule has 1 aromatic carbocycles. The number of benzene rings is 1. The fraction of sp³-hybridized carbons (Fsp3) is 0.200. The third-order valence-electron chi connectivity index (χ3n) is 2.87. The number of nitrogens with zero attached hydrogens (tertiary/aromatic N) is 3. The minimum atomic E-state index is 0.114. The lowest BCUT2D eigenvalue weighted by Crippen LogP contribution is -2.17. The van der Waals surface area contributed by atoms with E-state index < -0.39 is 0 Å². The molecule has 1 heterocycles. The van der Waals surface area contributed by atoms with E-state index in [1.165, 1.54) is 0 Å². The highest BCUT2D eigenvalue weighted by Gasteiger charge is 2.20. The molecule has 94 valence electrons. The molecule has 19 heavy (non-hydrogen) atoms. The van der Waals surface area contributed by atoms with E-state index in [-0.39, 0.29) is 5.57 Å². The smallest absolute Gasteiger partial charge is 0.153 e.